The van der Waals surface area contributed by atoms with Crippen molar-refractivity contribution in [1.82, 2.24) is 4.90 Å². The zero-order valence-corrected chi connectivity index (χ0v) is 17.1. The molecule has 0 radical (unpaired) electrons. The van der Waals surface area contributed by atoms with E-state index in [-0.39, 0.29) is 5.82 Å². The molecule has 2 aromatic rings. The monoisotopic (exact) mass is 433 g/mol. The number of ether oxygens (including phenoxy) is 1. The quantitative estimate of drug-likeness (QED) is 0.783. The molecule has 144 valence electrons. The number of fused-ring (bicyclic) bond motifs is 1. The third-order valence-electron chi connectivity index (χ3n) is 5.52. The predicted molar refractivity (Wildman–Crippen MR) is 111 cm³/mol. The van der Waals surface area contributed by atoms with E-state index >= 15 is 0 Å². The van der Waals surface area contributed by atoms with Gasteiger partial charge in [0.25, 0.3) is 0 Å². The number of methoxy groups -OCH3 is 1. The zero-order valence-electron chi connectivity index (χ0n) is 15.5. The summed E-state index contributed by atoms with van der Waals surface area (Å²) in [7, 11) is 1.60. The lowest BCUT2D eigenvalue weighted by atomic mass is 9.97. The summed E-state index contributed by atoms with van der Waals surface area (Å²) in [6, 6.07) is 11.8. The van der Waals surface area contributed by atoms with Gasteiger partial charge < -0.3 is 15.0 Å². The van der Waals surface area contributed by atoms with Gasteiger partial charge in [-0.25, -0.2) is 4.39 Å². The van der Waals surface area contributed by atoms with Crippen LogP contribution in [0.2, 0.25) is 0 Å². The van der Waals surface area contributed by atoms with Gasteiger partial charge in [0, 0.05) is 55.0 Å². The number of benzene rings is 2. The van der Waals surface area contributed by atoms with Crippen LogP contribution >= 0.6 is 15.9 Å². The summed E-state index contributed by atoms with van der Waals surface area (Å²) in [5.74, 6) is 0.352. The van der Waals surface area contributed by atoms with E-state index in [0.29, 0.717) is 11.8 Å². The highest BCUT2D eigenvalue weighted by molar-refractivity contribution is 9.10. The van der Waals surface area contributed by atoms with Crippen LogP contribution in [-0.2, 0) is 6.42 Å². The summed E-state index contributed by atoms with van der Waals surface area (Å²) >= 11 is 3.55. The highest BCUT2D eigenvalue weighted by Gasteiger charge is 2.24. The second-order valence-corrected chi connectivity index (χ2v) is 8.20. The molecule has 0 bridgehead atoms. The first-order valence-corrected chi connectivity index (χ1v) is 10.3. The molecule has 2 aliphatic rings. The van der Waals surface area contributed by atoms with Crippen LogP contribution in [0.25, 0.3) is 0 Å². The third-order valence-corrected chi connectivity index (χ3v) is 6.02. The van der Waals surface area contributed by atoms with Crippen LogP contribution in [0.15, 0.2) is 40.9 Å². The van der Waals surface area contributed by atoms with Gasteiger partial charge in [-0.3, -0.25) is 4.90 Å². The fraction of sp³-hybridized carbons (Fsp3) is 0.429. The minimum absolute atomic E-state index is 0.259. The Morgan fingerprint density at radius 2 is 1.96 bits per heavy atom. The maximum Gasteiger partial charge on any atom is 0.145 e. The highest BCUT2D eigenvalue weighted by Crippen LogP contribution is 2.31. The van der Waals surface area contributed by atoms with Crippen molar-refractivity contribution < 1.29 is 9.13 Å². The van der Waals surface area contributed by atoms with Gasteiger partial charge in [-0.15, -0.1) is 0 Å². The topological polar surface area (TPSA) is 27.7 Å². The molecule has 0 aliphatic carbocycles. The molecule has 0 amide bonds. The summed E-state index contributed by atoms with van der Waals surface area (Å²) in [4.78, 5) is 4.81. The van der Waals surface area contributed by atoms with Crippen LogP contribution in [-0.4, -0.2) is 50.8 Å². The molecule has 0 spiro atoms. The Morgan fingerprint density at radius 3 is 2.74 bits per heavy atom. The summed E-state index contributed by atoms with van der Waals surface area (Å²) in [5, 5.41) is 3.70. The molecule has 1 N–H and O–H groups in total. The normalized spacial score (nSPS) is 20.1. The molecule has 0 aromatic heterocycles. The van der Waals surface area contributed by atoms with Gasteiger partial charge in [0.2, 0.25) is 0 Å². The van der Waals surface area contributed by atoms with Crippen LogP contribution in [0.4, 0.5) is 15.8 Å². The Balaban J connectivity index is 1.33. The van der Waals surface area contributed by atoms with E-state index in [1.165, 1.54) is 23.4 Å². The van der Waals surface area contributed by atoms with Crippen molar-refractivity contribution in [2.75, 3.05) is 50.1 Å². The molecule has 6 heteroatoms. The van der Waals surface area contributed by atoms with Gasteiger partial charge in [-0.1, -0.05) is 15.9 Å². The van der Waals surface area contributed by atoms with Crippen molar-refractivity contribution in [3.8, 4) is 5.75 Å². The lowest BCUT2D eigenvalue weighted by molar-refractivity contribution is 0.242. The zero-order chi connectivity index (χ0) is 18.8. The minimum Gasteiger partial charge on any atom is -0.494 e. The first-order valence-electron chi connectivity index (χ1n) is 9.48. The number of piperazine rings is 1. The molecule has 1 fully saturated rings. The number of nitrogens with zero attached hydrogens (tertiary/aromatic N) is 2. The summed E-state index contributed by atoms with van der Waals surface area (Å²) < 4.78 is 19.9. The summed E-state index contributed by atoms with van der Waals surface area (Å²) in [6.07, 6.45) is 2.29. The molecule has 4 nitrogen and oxygen atoms in total. The third kappa shape index (κ3) is 4.22. The number of aryl methyl sites for hydroxylation is 1. The first-order chi connectivity index (χ1) is 13.1. The number of halogens is 2. The number of hydrogen-bond donors (Lipinski definition) is 1. The van der Waals surface area contributed by atoms with E-state index < -0.39 is 0 Å². The van der Waals surface area contributed by atoms with Crippen molar-refractivity contribution in [2.24, 2.45) is 0 Å². The molecule has 2 aliphatic heterocycles. The summed E-state index contributed by atoms with van der Waals surface area (Å²) in [6.45, 7) is 4.93. The van der Waals surface area contributed by atoms with Crippen molar-refractivity contribution in [2.45, 2.75) is 18.9 Å². The fourth-order valence-electron chi connectivity index (χ4n) is 4.06. The Kier molecular flexibility index (Phi) is 5.55. The molecule has 1 saturated heterocycles. The van der Waals surface area contributed by atoms with Gasteiger partial charge in [-0.2, -0.15) is 0 Å². The second kappa shape index (κ2) is 8.07. The Hall–Kier alpha value is -1.79. The predicted octanol–water partition coefficient (Wildman–Crippen LogP) is 4.15. The molecule has 4 rings (SSSR count). The van der Waals surface area contributed by atoms with E-state index in [0.717, 1.165) is 55.7 Å². The number of anilines is 2. The van der Waals surface area contributed by atoms with Crippen LogP contribution < -0.4 is 15.0 Å². The molecule has 0 saturated carbocycles. The summed E-state index contributed by atoms with van der Waals surface area (Å²) in [5.41, 5.74) is 3.65. The maximum absolute atomic E-state index is 13.4. The van der Waals surface area contributed by atoms with Gasteiger partial charge >= 0.3 is 0 Å². The Morgan fingerprint density at radius 1 is 1.15 bits per heavy atom. The Bertz CT molecular complexity index is 808. The molecule has 2 aromatic carbocycles. The smallest absolute Gasteiger partial charge is 0.145 e. The number of hydrogen-bond acceptors (Lipinski definition) is 4. The largest absolute Gasteiger partial charge is 0.494 e. The fourth-order valence-corrected chi connectivity index (χ4v) is 4.47. The van der Waals surface area contributed by atoms with Crippen LogP contribution in [0.5, 0.6) is 5.75 Å². The molecule has 1 atom stereocenters. The minimum atomic E-state index is -0.259. The highest BCUT2D eigenvalue weighted by atomic mass is 79.9. The van der Waals surface area contributed by atoms with Crippen LogP contribution in [0.1, 0.15) is 12.0 Å². The average Bonchev–Trinajstić information content (AvgIpc) is 2.69. The van der Waals surface area contributed by atoms with Gasteiger partial charge in [0.05, 0.1) is 12.8 Å². The standard InChI is InChI=1S/C21H25BrFN3O/c1-27-21-13-17(23)4-7-20(21)26-10-8-25(9-11-26)14-18-5-2-15-12-16(22)3-6-19(15)24-18/h3-4,6-7,12-13,18,24H,2,5,8-11,14H2,1H3. The molecular formula is C21H25BrFN3O. The van der Waals surface area contributed by atoms with Crippen molar-refractivity contribution in [1.29, 1.82) is 0 Å². The molecule has 2 heterocycles. The average molecular weight is 434 g/mol. The van der Waals surface area contributed by atoms with Crippen LogP contribution in [0, 0.1) is 5.82 Å². The van der Waals surface area contributed by atoms with Crippen molar-refractivity contribution in [3.63, 3.8) is 0 Å². The van der Waals surface area contributed by atoms with E-state index in [2.05, 4.69) is 49.2 Å². The first kappa shape index (κ1) is 18.6. The number of rotatable bonds is 4. The van der Waals surface area contributed by atoms with E-state index in [1.54, 1.807) is 7.11 Å². The van der Waals surface area contributed by atoms with Crippen LogP contribution in [0.3, 0.4) is 0 Å². The SMILES string of the molecule is COc1cc(F)ccc1N1CCN(CC2CCc3cc(Br)ccc3N2)CC1. The lowest BCUT2D eigenvalue weighted by Crippen LogP contribution is -2.50. The molecule has 1 unspecified atom stereocenters. The van der Waals surface area contributed by atoms with Gasteiger partial charge in [0.15, 0.2) is 0 Å². The van der Waals surface area contributed by atoms with Crippen molar-refractivity contribution in [3.05, 3.63) is 52.3 Å². The van der Waals surface area contributed by atoms with E-state index in [9.17, 15) is 4.39 Å². The number of nitrogens with one attached hydrogen (secondary N) is 1. The lowest BCUT2D eigenvalue weighted by Gasteiger charge is -2.39. The van der Waals surface area contributed by atoms with E-state index in [4.69, 9.17) is 4.74 Å². The van der Waals surface area contributed by atoms with E-state index in [1.807, 2.05) is 6.07 Å². The Labute approximate surface area is 168 Å². The molecular weight excluding hydrogens is 409 g/mol. The van der Waals surface area contributed by atoms with Gasteiger partial charge in [-0.05, 0) is 48.7 Å². The second-order valence-electron chi connectivity index (χ2n) is 7.29. The van der Waals surface area contributed by atoms with Gasteiger partial charge in [0.1, 0.15) is 11.6 Å². The molecule has 27 heavy (non-hydrogen) atoms. The maximum atomic E-state index is 13.4. The van der Waals surface area contributed by atoms with Crippen molar-refractivity contribution >= 4 is 27.3 Å².